The van der Waals surface area contributed by atoms with Crippen LogP contribution in [-0.4, -0.2) is 81.2 Å². The highest BCUT2D eigenvalue weighted by atomic mass is 16.4. The van der Waals surface area contributed by atoms with Gasteiger partial charge in [-0.25, -0.2) is 19.4 Å². The van der Waals surface area contributed by atoms with Crippen molar-refractivity contribution in [2.75, 3.05) is 18.4 Å². The van der Waals surface area contributed by atoms with Crippen molar-refractivity contribution < 1.29 is 15.0 Å². The van der Waals surface area contributed by atoms with E-state index in [1.54, 1.807) is 34.0 Å². The number of piperidine rings is 1. The lowest BCUT2D eigenvalue weighted by atomic mass is 10.0. The van der Waals surface area contributed by atoms with Crippen molar-refractivity contribution in [3.63, 3.8) is 0 Å². The van der Waals surface area contributed by atoms with Gasteiger partial charge in [-0.05, 0) is 26.3 Å². The average Bonchev–Trinajstić information content (AvgIpc) is 3.50. The summed E-state index contributed by atoms with van der Waals surface area (Å²) in [5.41, 5.74) is 3.08. The van der Waals surface area contributed by atoms with E-state index in [0.29, 0.717) is 41.3 Å². The zero-order chi connectivity index (χ0) is 25.4. The summed E-state index contributed by atoms with van der Waals surface area (Å²) in [6, 6.07) is 5.38. The van der Waals surface area contributed by atoms with E-state index in [2.05, 4.69) is 36.8 Å². The Bertz CT molecular complexity index is 1470. The molecule has 13 heteroatoms. The SMILES string of the molecule is CC(C)Nc1cc(-n2ncc3cc(C#N)cnc32)ncc1-c1cn([C@@H]2CCN(C(=O)O)C[C@H]2O)nn1. The number of amides is 1. The van der Waals surface area contributed by atoms with Gasteiger partial charge in [0.15, 0.2) is 11.5 Å². The van der Waals surface area contributed by atoms with E-state index in [1.165, 1.54) is 11.1 Å². The van der Waals surface area contributed by atoms with Gasteiger partial charge in [-0.3, -0.25) is 0 Å². The van der Waals surface area contributed by atoms with Gasteiger partial charge in [0.25, 0.3) is 0 Å². The number of carbonyl (C=O) groups is 1. The zero-order valence-corrected chi connectivity index (χ0v) is 19.6. The molecule has 0 saturated carbocycles. The Morgan fingerprint density at radius 2 is 2.08 bits per heavy atom. The van der Waals surface area contributed by atoms with E-state index in [1.807, 2.05) is 19.9 Å². The fourth-order valence-electron chi connectivity index (χ4n) is 4.31. The smallest absolute Gasteiger partial charge is 0.407 e. The number of likely N-dealkylation sites (tertiary alicyclic amines) is 1. The number of nitriles is 1. The molecular formula is C23H24N10O3. The van der Waals surface area contributed by atoms with Crippen LogP contribution in [0.1, 0.15) is 31.9 Å². The summed E-state index contributed by atoms with van der Waals surface area (Å²) >= 11 is 0. The van der Waals surface area contributed by atoms with E-state index in [0.717, 1.165) is 11.1 Å². The molecule has 3 N–H and O–H groups in total. The van der Waals surface area contributed by atoms with Gasteiger partial charge < -0.3 is 20.4 Å². The maximum Gasteiger partial charge on any atom is 0.407 e. The molecule has 36 heavy (non-hydrogen) atoms. The number of aromatic nitrogens is 7. The number of hydrogen-bond acceptors (Lipinski definition) is 9. The molecule has 1 saturated heterocycles. The van der Waals surface area contributed by atoms with Gasteiger partial charge in [0, 0.05) is 47.7 Å². The van der Waals surface area contributed by atoms with Crippen LogP contribution in [0.25, 0.3) is 28.1 Å². The maximum atomic E-state index is 11.2. The van der Waals surface area contributed by atoms with Crippen molar-refractivity contribution in [3.8, 4) is 23.1 Å². The van der Waals surface area contributed by atoms with E-state index in [9.17, 15) is 15.0 Å². The second-order valence-electron chi connectivity index (χ2n) is 8.93. The summed E-state index contributed by atoms with van der Waals surface area (Å²) in [5.74, 6) is 0.540. The van der Waals surface area contributed by atoms with Crippen LogP contribution in [0.4, 0.5) is 10.5 Å². The van der Waals surface area contributed by atoms with Gasteiger partial charge in [-0.1, -0.05) is 5.21 Å². The van der Waals surface area contributed by atoms with E-state index in [-0.39, 0.29) is 18.6 Å². The highest BCUT2D eigenvalue weighted by Crippen LogP contribution is 2.30. The fraction of sp³-hybridized carbons (Fsp3) is 0.348. The van der Waals surface area contributed by atoms with Crippen LogP contribution < -0.4 is 5.32 Å². The molecule has 0 aliphatic carbocycles. The van der Waals surface area contributed by atoms with Crippen LogP contribution >= 0.6 is 0 Å². The summed E-state index contributed by atoms with van der Waals surface area (Å²) in [4.78, 5) is 21.4. The Morgan fingerprint density at radius 3 is 2.81 bits per heavy atom. The second kappa shape index (κ2) is 9.23. The zero-order valence-electron chi connectivity index (χ0n) is 19.6. The molecule has 1 aliphatic rings. The summed E-state index contributed by atoms with van der Waals surface area (Å²) in [6.45, 7) is 4.36. The van der Waals surface area contributed by atoms with Crippen LogP contribution in [0.3, 0.4) is 0 Å². The molecule has 0 bridgehead atoms. The first-order valence-corrected chi connectivity index (χ1v) is 11.4. The fourth-order valence-corrected chi connectivity index (χ4v) is 4.31. The summed E-state index contributed by atoms with van der Waals surface area (Å²) < 4.78 is 3.19. The topological polar surface area (TPSA) is 171 Å². The molecule has 13 nitrogen and oxygen atoms in total. The number of nitrogens with zero attached hydrogens (tertiary/aromatic N) is 9. The van der Waals surface area contributed by atoms with Crippen molar-refractivity contribution >= 4 is 22.8 Å². The Hall–Kier alpha value is -4.57. The van der Waals surface area contributed by atoms with Crippen molar-refractivity contribution in [1.82, 2.24) is 39.6 Å². The maximum absolute atomic E-state index is 11.2. The number of β-amino-alcohol motifs (C(OH)–C–C–N with tert-alkyl or cyclic N) is 1. The molecule has 0 spiro atoms. The number of hydrogen-bond donors (Lipinski definition) is 3. The van der Waals surface area contributed by atoms with Crippen LogP contribution in [0.15, 0.2) is 36.9 Å². The number of rotatable bonds is 5. The Kier molecular flexibility index (Phi) is 5.95. The highest BCUT2D eigenvalue weighted by Gasteiger charge is 2.32. The highest BCUT2D eigenvalue weighted by molar-refractivity contribution is 5.79. The van der Waals surface area contributed by atoms with Gasteiger partial charge in [0.05, 0.1) is 36.6 Å². The number of fused-ring (bicyclic) bond motifs is 1. The molecule has 2 atom stereocenters. The molecule has 4 aromatic heterocycles. The lowest BCUT2D eigenvalue weighted by Crippen LogP contribution is -2.46. The number of anilines is 1. The van der Waals surface area contributed by atoms with Crippen LogP contribution in [0.5, 0.6) is 0 Å². The molecule has 4 aromatic rings. The minimum atomic E-state index is -1.05. The summed E-state index contributed by atoms with van der Waals surface area (Å²) in [6.07, 6.45) is 5.04. The molecule has 5 rings (SSSR count). The molecule has 184 valence electrons. The number of carboxylic acid groups (broad SMARTS) is 1. The third-order valence-corrected chi connectivity index (χ3v) is 6.03. The molecule has 0 radical (unpaired) electrons. The van der Waals surface area contributed by atoms with Crippen molar-refractivity contribution in [2.45, 2.75) is 38.5 Å². The van der Waals surface area contributed by atoms with Gasteiger partial charge in [0.2, 0.25) is 0 Å². The van der Waals surface area contributed by atoms with Crippen molar-refractivity contribution in [2.24, 2.45) is 0 Å². The first-order valence-electron chi connectivity index (χ1n) is 11.4. The monoisotopic (exact) mass is 488 g/mol. The van der Waals surface area contributed by atoms with Gasteiger partial charge in [-0.15, -0.1) is 5.10 Å². The van der Waals surface area contributed by atoms with Gasteiger partial charge in [-0.2, -0.15) is 15.0 Å². The van der Waals surface area contributed by atoms with Crippen molar-refractivity contribution in [1.29, 1.82) is 5.26 Å². The first kappa shape index (κ1) is 23.2. The van der Waals surface area contributed by atoms with E-state index < -0.39 is 12.2 Å². The van der Waals surface area contributed by atoms with Gasteiger partial charge in [0.1, 0.15) is 11.8 Å². The summed E-state index contributed by atoms with van der Waals surface area (Å²) in [7, 11) is 0. The van der Waals surface area contributed by atoms with E-state index >= 15 is 0 Å². The normalized spacial score (nSPS) is 17.9. The minimum absolute atomic E-state index is 0.0212. The molecule has 1 aliphatic heterocycles. The van der Waals surface area contributed by atoms with Crippen LogP contribution in [-0.2, 0) is 0 Å². The molecule has 1 fully saturated rings. The van der Waals surface area contributed by atoms with Crippen LogP contribution in [0.2, 0.25) is 0 Å². The first-order chi connectivity index (χ1) is 17.3. The molecule has 0 unspecified atom stereocenters. The third kappa shape index (κ3) is 4.29. The van der Waals surface area contributed by atoms with Crippen LogP contribution in [0, 0.1) is 11.3 Å². The standard InChI is InChI=1S/C23H24N10O3/c1-13(2)28-17-6-21(33-22-15(9-27-33)5-14(7-24)8-26-22)25-10-16(17)18-11-32(30-29-18)19-3-4-31(23(35)36)12-20(19)34/h5-6,8-11,13,19-20,34H,3-4,12H2,1-2H3,(H,25,28)(H,35,36)/t19-,20-/m1/s1. The lowest BCUT2D eigenvalue weighted by molar-refractivity contribution is 0.0249. The summed E-state index contributed by atoms with van der Waals surface area (Å²) in [5, 5.41) is 45.9. The number of pyridine rings is 2. The average molecular weight is 489 g/mol. The second-order valence-corrected chi connectivity index (χ2v) is 8.93. The van der Waals surface area contributed by atoms with Crippen molar-refractivity contribution in [3.05, 3.63) is 42.5 Å². The number of aliphatic hydroxyl groups excluding tert-OH is 1. The van der Waals surface area contributed by atoms with E-state index in [4.69, 9.17) is 5.26 Å². The molecule has 5 heterocycles. The Labute approximate surface area is 205 Å². The Balaban J connectivity index is 1.47. The number of nitrogens with one attached hydrogen (secondary N) is 1. The predicted molar refractivity (Wildman–Crippen MR) is 128 cm³/mol. The molecular weight excluding hydrogens is 464 g/mol. The molecule has 1 amide bonds. The Morgan fingerprint density at radius 1 is 1.25 bits per heavy atom. The number of aliphatic hydroxyl groups is 1. The minimum Gasteiger partial charge on any atom is -0.465 e. The van der Waals surface area contributed by atoms with Gasteiger partial charge >= 0.3 is 6.09 Å². The third-order valence-electron chi connectivity index (χ3n) is 6.03. The largest absolute Gasteiger partial charge is 0.465 e. The predicted octanol–water partition coefficient (Wildman–Crippen LogP) is 2.05. The lowest BCUT2D eigenvalue weighted by Gasteiger charge is -2.33. The quantitative estimate of drug-likeness (QED) is 0.377. The molecule has 0 aromatic carbocycles.